The number of aromatic nitrogens is 1. The first-order chi connectivity index (χ1) is 24.3. The van der Waals surface area contributed by atoms with Crippen LogP contribution in [0.5, 0.6) is 0 Å². The Hall–Kier alpha value is -5.86. The van der Waals surface area contributed by atoms with Crippen LogP contribution in [0.25, 0.3) is 33.5 Å². The number of aliphatic imine (C=N–C) groups is 1. The second kappa shape index (κ2) is 17.5. The van der Waals surface area contributed by atoms with Crippen LogP contribution in [0.1, 0.15) is 41.7 Å². The molecule has 0 spiro atoms. The minimum atomic E-state index is 0.761. The Morgan fingerprint density at radius 2 is 1.14 bits per heavy atom. The molecule has 0 bridgehead atoms. The SMILES string of the molecule is C/C=c1/cccc/c1=C(/C(C)=N/c1ncc2ccccc2c1C)c1cccc(-c2ccc(C)cc2)c1.Cc1ccccc1.Cc1ccccc1. The summed E-state index contributed by atoms with van der Waals surface area (Å²) < 4.78 is 0. The van der Waals surface area contributed by atoms with Gasteiger partial charge in [0.05, 0.1) is 0 Å². The van der Waals surface area contributed by atoms with E-state index in [1.807, 2.05) is 48.7 Å². The highest BCUT2D eigenvalue weighted by Crippen LogP contribution is 2.28. The van der Waals surface area contributed by atoms with Crippen LogP contribution >= 0.6 is 0 Å². The average molecular weight is 651 g/mol. The number of fused-ring (bicyclic) bond motifs is 1. The molecule has 6 aromatic carbocycles. The van der Waals surface area contributed by atoms with Gasteiger partial charge in [0.2, 0.25) is 0 Å². The predicted octanol–water partition coefficient (Wildman–Crippen LogP) is 11.3. The van der Waals surface area contributed by atoms with Crippen LogP contribution < -0.4 is 10.4 Å². The molecule has 0 aliphatic rings. The number of pyridine rings is 1. The van der Waals surface area contributed by atoms with Crippen molar-refractivity contribution in [2.24, 2.45) is 4.99 Å². The highest BCUT2D eigenvalue weighted by atomic mass is 14.9. The molecule has 2 nitrogen and oxygen atoms in total. The molecule has 0 saturated heterocycles. The molecule has 2 heteroatoms. The summed E-state index contributed by atoms with van der Waals surface area (Å²) in [4.78, 5) is 9.83. The van der Waals surface area contributed by atoms with Gasteiger partial charge in [-0.2, -0.15) is 0 Å². The summed E-state index contributed by atoms with van der Waals surface area (Å²) >= 11 is 0. The minimum absolute atomic E-state index is 0.761. The van der Waals surface area contributed by atoms with E-state index >= 15 is 0 Å². The Labute approximate surface area is 297 Å². The van der Waals surface area contributed by atoms with Crippen LogP contribution in [0.4, 0.5) is 5.82 Å². The molecule has 0 N–H and O–H groups in total. The molecule has 0 atom stereocenters. The molecule has 7 rings (SSSR count). The first kappa shape index (κ1) is 35.4. The quantitative estimate of drug-likeness (QED) is 0.174. The van der Waals surface area contributed by atoms with E-state index in [0.717, 1.165) is 33.6 Å². The van der Waals surface area contributed by atoms with E-state index in [1.165, 1.54) is 43.6 Å². The summed E-state index contributed by atoms with van der Waals surface area (Å²) in [6.45, 7) is 12.6. The lowest BCUT2D eigenvalue weighted by molar-refractivity contribution is 1.25. The van der Waals surface area contributed by atoms with Gasteiger partial charge in [0, 0.05) is 28.4 Å². The third-order valence-corrected chi connectivity index (χ3v) is 8.62. The highest BCUT2D eigenvalue weighted by Gasteiger charge is 2.12. The van der Waals surface area contributed by atoms with Gasteiger partial charge in [0.25, 0.3) is 0 Å². The van der Waals surface area contributed by atoms with Crippen molar-refractivity contribution in [1.29, 1.82) is 0 Å². The lowest BCUT2D eigenvalue weighted by Gasteiger charge is -2.12. The van der Waals surface area contributed by atoms with E-state index in [0.29, 0.717) is 0 Å². The number of hydrogen-bond donors (Lipinski definition) is 0. The zero-order valence-electron chi connectivity index (χ0n) is 30.1. The molecule has 50 heavy (non-hydrogen) atoms. The maximum absolute atomic E-state index is 5.11. The zero-order valence-corrected chi connectivity index (χ0v) is 30.1. The van der Waals surface area contributed by atoms with E-state index in [1.54, 1.807) is 0 Å². The summed E-state index contributed by atoms with van der Waals surface area (Å²) in [6.07, 6.45) is 4.08. The first-order valence-electron chi connectivity index (χ1n) is 17.2. The number of nitrogens with zero attached hydrogens (tertiary/aromatic N) is 2. The molecule has 0 aliphatic carbocycles. The van der Waals surface area contributed by atoms with Crippen LogP contribution in [-0.2, 0) is 0 Å². The van der Waals surface area contributed by atoms with Gasteiger partial charge in [-0.05, 0) is 80.1 Å². The Bertz CT molecular complexity index is 2260. The molecule has 0 radical (unpaired) electrons. The lowest BCUT2D eigenvalue weighted by atomic mass is 9.94. The molecule has 0 amide bonds. The summed E-state index contributed by atoms with van der Waals surface area (Å²) in [5.41, 5.74) is 10.6. The fourth-order valence-corrected chi connectivity index (χ4v) is 5.83. The van der Waals surface area contributed by atoms with Crippen molar-refractivity contribution in [3.63, 3.8) is 0 Å². The van der Waals surface area contributed by atoms with Crippen LogP contribution in [0.2, 0.25) is 0 Å². The van der Waals surface area contributed by atoms with Crippen LogP contribution in [-0.4, -0.2) is 10.7 Å². The van der Waals surface area contributed by atoms with E-state index in [9.17, 15) is 0 Å². The summed E-state index contributed by atoms with van der Waals surface area (Å²) in [7, 11) is 0. The Morgan fingerprint density at radius 1 is 0.560 bits per heavy atom. The number of aryl methyl sites for hydroxylation is 4. The fourth-order valence-electron chi connectivity index (χ4n) is 5.83. The Kier molecular flexibility index (Phi) is 12.4. The van der Waals surface area contributed by atoms with Crippen molar-refractivity contribution < 1.29 is 0 Å². The normalized spacial score (nSPS) is 12.0. The molecule has 7 aromatic rings. The van der Waals surface area contributed by atoms with Gasteiger partial charge in [-0.1, -0.05) is 174 Å². The molecular weight excluding hydrogens is 605 g/mol. The van der Waals surface area contributed by atoms with Gasteiger partial charge < -0.3 is 0 Å². The van der Waals surface area contributed by atoms with Gasteiger partial charge in [-0.3, -0.25) is 0 Å². The molecule has 248 valence electrons. The standard InChI is InChI=1S/C34H30N2.2C7H8/c1-5-26-11-6-9-16-32(26)33(29-14-10-13-28(21-29)27-19-17-23(2)18-20-27)25(4)36-34-24(3)31-15-8-7-12-30(31)22-35-34;2*1-7-5-3-2-4-6-7/h5-22H,1-4H3;2*2-6H,1H3/b26-5-,33-32+,36-25+;;. The molecule has 0 fully saturated rings. The van der Waals surface area contributed by atoms with Gasteiger partial charge in [0.1, 0.15) is 0 Å². The predicted molar refractivity (Wildman–Crippen MR) is 217 cm³/mol. The smallest absolute Gasteiger partial charge is 0.155 e. The van der Waals surface area contributed by atoms with Crippen LogP contribution in [0, 0.1) is 27.7 Å². The lowest BCUT2D eigenvalue weighted by Crippen LogP contribution is -2.28. The third-order valence-electron chi connectivity index (χ3n) is 8.62. The Balaban J connectivity index is 0.000000286. The van der Waals surface area contributed by atoms with E-state index in [2.05, 4.69) is 163 Å². The molecule has 0 saturated carbocycles. The topological polar surface area (TPSA) is 25.2 Å². The molecular formula is C48H46N2. The van der Waals surface area contributed by atoms with Gasteiger partial charge in [0.15, 0.2) is 5.82 Å². The molecule has 0 unspecified atom stereocenters. The van der Waals surface area contributed by atoms with Crippen molar-refractivity contribution in [3.8, 4) is 11.1 Å². The first-order valence-corrected chi connectivity index (χ1v) is 17.2. The van der Waals surface area contributed by atoms with Crippen molar-refractivity contribution in [3.05, 3.63) is 202 Å². The van der Waals surface area contributed by atoms with Gasteiger partial charge >= 0.3 is 0 Å². The van der Waals surface area contributed by atoms with E-state index < -0.39 is 0 Å². The van der Waals surface area contributed by atoms with Crippen molar-refractivity contribution in [1.82, 2.24) is 4.98 Å². The number of rotatable bonds is 4. The fraction of sp³-hybridized carbons (Fsp3) is 0.125. The maximum atomic E-state index is 5.11. The number of hydrogen-bond acceptors (Lipinski definition) is 2. The maximum Gasteiger partial charge on any atom is 0.155 e. The summed E-state index contributed by atoms with van der Waals surface area (Å²) in [5, 5.41) is 4.67. The third kappa shape index (κ3) is 9.39. The summed E-state index contributed by atoms with van der Waals surface area (Å²) in [6, 6.07) is 54.8. The second-order valence-corrected chi connectivity index (χ2v) is 12.5. The van der Waals surface area contributed by atoms with Gasteiger partial charge in [-0.15, -0.1) is 0 Å². The molecule has 1 heterocycles. The van der Waals surface area contributed by atoms with Crippen molar-refractivity contribution in [2.75, 3.05) is 0 Å². The Morgan fingerprint density at radius 3 is 1.76 bits per heavy atom. The van der Waals surface area contributed by atoms with Crippen molar-refractivity contribution >= 4 is 34.0 Å². The average Bonchev–Trinajstić information content (AvgIpc) is 3.15. The summed E-state index contributed by atoms with van der Waals surface area (Å²) in [5.74, 6) is 0.761. The van der Waals surface area contributed by atoms with Gasteiger partial charge in [-0.25, -0.2) is 9.98 Å². The second-order valence-electron chi connectivity index (χ2n) is 12.5. The highest BCUT2D eigenvalue weighted by molar-refractivity contribution is 6.23. The van der Waals surface area contributed by atoms with Crippen molar-refractivity contribution in [2.45, 2.75) is 41.5 Å². The molecule has 0 aliphatic heterocycles. The van der Waals surface area contributed by atoms with E-state index in [-0.39, 0.29) is 0 Å². The monoisotopic (exact) mass is 650 g/mol. The number of benzene rings is 6. The van der Waals surface area contributed by atoms with Crippen LogP contribution in [0.3, 0.4) is 0 Å². The largest absolute Gasteiger partial charge is 0.236 e. The minimum Gasteiger partial charge on any atom is -0.236 e. The van der Waals surface area contributed by atoms with Crippen LogP contribution in [0.15, 0.2) is 169 Å². The van der Waals surface area contributed by atoms with E-state index in [4.69, 9.17) is 9.98 Å². The zero-order chi connectivity index (χ0) is 35.3. The molecule has 1 aromatic heterocycles.